The predicted molar refractivity (Wildman–Crippen MR) is 75.0 cm³/mol. The lowest BCUT2D eigenvalue weighted by Gasteiger charge is -2.39. The molecular formula is C13H13BrN2O2S. The van der Waals surface area contributed by atoms with Crippen LogP contribution in [0.2, 0.25) is 0 Å². The number of halogens is 1. The molecule has 4 nitrogen and oxygen atoms in total. The molecule has 0 aromatic heterocycles. The van der Waals surface area contributed by atoms with Gasteiger partial charge in [0.15, 0.2) is 0 Å². The first-order chi connectivity index (χ1) is 8.89. The zero-order valence-corrected chi connectivity index (χ0v) is 12.6. The summed E-state index contributed by atoms with van der Waals surface area (Å²) in [5, 5.41) is 0. The average molecular weight is 341 g/mol. The van der Waals surface area contributed by atoms with Crippen molar-refractivity contribution < 1.29 is 8.42 Å². The molecule has 4 rings (SSSR count). The van der Waals surface area contributed by atoms with Crippen LogP contribution in [0.25, 0.3) is 4.85 Å². The van der Waals surface area contributed by atoms with Crippen LogP contribution in [0.15, 0.2) is 33.6 Å². The number of nitrogens with one attached hydrogen (secondary N) is 1. The van der Waals surface area contributed by atoms with Crippen LogP contribution >= 0.6 is 15.9 Å². The maximum atomic E-state index is 12.4. The maximum absolute atomic E-state index is 12.4. The van der Waals surface area contributed by atoms with Gasteiger partial charge in [-0.2, -0.15) is 0 Å². The highest BCUT2D eigenvalue weighted by Gasteiger charge is 2.67. The molecule has 0 spiro atoms. The lowest BCUT2D eigenvalue weighted by atomic mass is 9.72. The molecule has 0 atom stereocenters. The fourth-order valence-electron chi connectivity index (χ4n) is 3.27. The highest BCUT2D eigenvalue weighted by Crippen LogP contribution is 2.57. The van der Waals surface area contributed by atoms with Crippen molar-refractivity contribution in [3.8, 4) is 0 Å². The van der Waals surface area contributed by atoms with Crippen molar-refractivity contribution in [2.24, 2.45) is 0 Å². The van der Waals surface area contributed by atoms with Crippen LogP contribution < -0.4 is 4.72 Å². The molecule has 3 fully saturated rings. The molecular weight excluding hydrogens is 328 g/mol. The predicted octanol–water partition coefficient (Wildman–Crippen LogP) is 2.71. The van der Waals surface area contributed by atoms with E-state index in [4.69, 9.17) is 6.57 Å². The summed E-state index contributed by atoms with van der Waals surface area (Å²) in [4.78, 5) is 3.92. The summed E-state index contributed by atoms with van der Waals surface area (Å²) >= 11 is 3.28. The van der Waals surface area contributed by atoms with Crippen LogP contribution in [0.1, 0.15) is 25.7 Å². The number of rotatable bonds is 3. The SMILES string of the molecule is [C-]#[N+]C12CCC(NS(=O)(=O)c3cccc(Br)c3)(C1)C2. The van der Waals surface area contributed by atoms with Crippen molar-refractivity contribution in [3.63, 3.8) is 0 Å². The topological polar surface area (TPSA) is 50.5 Å². The molecule has 0 unspecified atom stereocenters. The Morgan fingerprint density at radius 3 is 2.63 bits per heavy atom. The minimum atomic E-state index is -3.50. The molecule has 2 bridgehead atoms. The second-order valence-corrected chi connectivity index (χ2v) is 8.13. The van der Waals surface area contributed by atoms with E-state index in [1.807, 2.05) is 0 Å². The first kappa shape index (κ1) is 13.1. The highest BCUT2D eigenvalue weighted by molar-refractivity contribution is 9.10. The van der Waals surface area contributed by atoms with Gasteiger partial charge in [0, 0.05) is 29.3 Å². The van der Waals surface area contributed by atoms with Crippen LogP contribution in [0.3, 0.4) is 0 Å². The van der Waals surface area contributed by atoms with Gasteiger partial charge in [0.05, 0.1) is 4.90 Å². The summed E-state index contributed by atoms with van der Waals surface area (Å²) in [6, 6.07) is 6.67. The second kappa shape index (κ2) is 4.05. The molecule has 1 aromatic rings. The standard InChI is InChI=1S/C13H13BrN2O2S/c1-15-12-5-6-13(8-12,9-12)16-19(17,18)11-4-2-3-10(14)7-11/h2-4,7,16H,5-6,8-9H2. The van der Waals surface area contributed by atoms with E-state index < -0.39 is 10.0 Å². The summed E-state index contributed by atoms with van der Waals surface area (Å²) in [6.07, 6.45) is 2.87. The molecule has 19 heavy (non-hydrogen) atoms. The molecule has 1 aromatic carbocycles. The Bertz CT molecular complexity index is 672. The van der Waals surface area contributed by atoms with Gasteiger partial charge in [0.2, 0.25) is 15.6 Å². The Labute approximate surface area is 121 Å². The van der Waals surface area contributed by atoms with E-state index in [1.165, 1.54) is 0 Å². The first-order valence-corrected chi connectivity index (χ1v) is 8.35. The van der Waals surface area contributed by atoms with E-state index in [2.05, 4.69) is 25.5 Å². The summed E-state index contributed by atoms with van der Waals surface area (Å²) in [5.41, 5.74) is -0.675. The number of fused-ring (bicyclic) bond motifs is 1. The monoisotopic (exact) mass is 340 g/mol. The zero-order valence-electron chi connectivity index (χ0n) is 10.2. The molecule has 3 aliphatic carbocycles. The van der Waals surface area contributed by atoms with E-state index in [0.717, 1.165) is 17.3 Å². The normalized spacial score (nSPS) is 32.6. The molecule has 0 amide bonds. The lowest BCUT2D eigenvalue weighted by molar-refractivity contribution is 0.218. The van der Waals surface area contributed by atoms with E-state index >= 15 is 0 Å². The van der Waals surface area contributed by atoms with Gasteiger partial charge in [0.1, 0.15) is 0 Å². The van der Waals surface area contributed by atoms with Gasteiger partial charge in [0.25, 0.3) is 0 Å². The Kier molecular flexibility index (Phi) is 2.79. The summed E-state index contributed by atoms with van der Waals surface area (Å²) < 4.78 is 28.3. The Morgan fingerprint density at radius 2 is 2.05 bits per heavy atom. The first-order valence-electron chi connectivity index (χ1n) is 6.07. The van der Waals surface area contributed by atoms with Crippen LogP contribution in [0, 0.1) is 6.57 Å². The molecule has 100 valence electrons. The van der Waals surface area contributed by atoms with E-state index in [0.29, 0.717) is 12.8 Å². The van der Waals surface area contributed by atoms with E-state index in [-0.39, 0.29) is 16.0 Å². The van der Waals surface area contributed by atoms with Gasteiger partial charge in [-0.1, -0.05) is 22.0 Å². The number of sulfonamides is 1. The lowest BCUT2D eigenvalue weighted by Crippen LogP contribution is -2.57. The maximum Gasteiger partial charge on any atom is 0.241 e. The quantitative estimate of drug-likeness (QED) is 0.860. The fourth-order valence-corrected chi connectivity index (χ4v) is 5.29. The molecule has 0 saturated heterocycles. The van der Waals surface area contributed by atoms with Gasteiger partial charge in [-0.15, -0.1) is 0 Å². The van der Waals surface area contributed by atoms with Crippen molar-refractivity contribution in [1.82, 2.24) is 4.72 Å². The Morgan fingerprint density at radius 1 is 1.32 bits per heavy atom. The van der Waals surface area contributed by atoms with Crippen molar-refractivity contribution in [3.05, 3.63) is 40.2 Å². The molecule has 3 saturated carbocycles. The molecule has 0 aliphatic heterocycles. The highest BCUT2D eigenvalue weighted by atomic mass is 79.9. The molecule has 3 aliphatic rings. The van der Waals surface area contributed by atoms with Gasteiger partial charge >= 0.3 is 0 Å². The van der Waals surface area contributed by atoms with Crippen molar-refractivity contribution in [2.45, 2.75) is 41.7 Å². The van der Waals surface area contributed by atoms with Gasteiger partial charge in [-0.3, -0.25) is 0 Å². The van der Waals surface area contributed by atoms with Crippen LogP contribution in [0.4, 0.5) is 0 Å². The Balaban J connectivity index is 1.83. The molecule has 6 heteroatoms. The minimum Gasteiger partial charge on any atom is -0.310 e. The number of nitrogens with zero attached hydrogens (tertiary/aromatic N) is 1. The third-order valence-corrected chi connectivity index (χ3v) is 6.17. The summed E-state index contributed by atoms with van der Waals surface area (Å²) in [5.74, 6) is 0. The molecule has 0 heterocycles. The van der Waals surface area contributed by atoms with Crippen molar-refractivity contribution >= 4 is 26.0 Å². The number of hydrogen-bond acceptors (Lipinski definition) is 2. The van der Waals surface area contributed by atoms with Crippen molar-refractivity contribution in [1.29, 1.82) is 0 Å². The van der Waals surface area contributed by atoms with Gasteiger partial charge in [-0.25, -0.2) is 19.7 Å². The zero-order chi connectivity index (χ0) is 13.7. The van der Waals surface area contributed by atoms with Crippen LogP contribution in [-0.4, -0.2) is 19.5 Å². The van der Waals surface area contributed by atoms with Gasteiger partial charge < -0.3 is 4.85 Å². The summed E-state index contributed by atoms with van der Waals surface area (Å²) in [7, 11) is -3.50. The smallest absolute Gasteiger partial charge is 0.241 e. The van der Waals surface area contributed by atoms with Crippen LogP contribution in [-0.2, 0) is 10.0 Å². The summed E-state index contributed by atoms with van der Waals surface area (Å²) in [6.45, 7) is 7.19. The minimum absolute atomic E-state index is 0.267. The largest absolute Gasteiger partial charge is 0.310 e. The third-order valence-electron chi connectivity index (χ3n) is 4.10. The Hall–Kier alpha value is -0.900. The second-order valence-electron chi connectivity index (χ2n) is 5.53. The average Bonchev–Trinajstić information content (AvgIpc) is 2.83. The molecule has 1 N–H and O–H groups in total. The molecule has 0 radical (unpaired) electrons. The number of benzene rings is 1. The number of hydrogen-bond donors (Lipinski definition) is 1. The van der Waals surface area contributed by atoms with Gasteiger partial charge in [-0.05, 0) is 24.6 Å². The van der Waals surface area contributed by atoms with E-state index in [9.17, 15) is 8.42 Å². The van der Waals surface area contributed by atoms with Crippen LogP contribution in [0.5, 0.6) is 0 Å². The fraction of sp³-hybridized carbons (Fsp3) is 0.462. The van der Waals surface area contributed by atoms with Crippen molar-refractivity contribution in [2.75, 3.05) is 0 Å². The van der Waals surface area contributed by atoms with E-state index in [1.54, 1.807) is 24.3 Å². The third kappa shape index (κ3) is 2.10.